The van der Waals surface area contributed by atoms with Crippen LogP contribution in [0.2, 0.25) is 5.02 Å². The molecule has 19 heavy (non-hydrogen) atoms. The minimum atomic E-state index is -3.73. The van der Waals surface area contributed by atoms with Crippen molar-refractivity contribution in [2.75, 3.05) is 10.5 Å². The van der Waals surface area contributed by atoms with Gasteiger partial charge in [-0.3, -0.25) is 4.72 Å². The first-order valence-electron chi connectivity index (χ1n) is 5.22. The predicted molar refractivity (Wildman–Crippen MR) is 80.8 cm³/mol. The van der Waals surface area contributed by atoms with E-state index < -0.39 is 10.0 Å². The summed E-state index contributed by atoms with van der Waals surface area (Å²) in [7, 11) is -3.73. The number of rotatable bonds is 3. The second kappa shape index (κ2) is 5.40. The first kappa shape index (κ1) is 14.2. The molecule has 7 heteroatoms. The number of hydrogen-bond acceptors (Lipinski definition) is 3. The third-order valence-corrected chi connectivity index (χ3v) is 4.73. The highest BCUT2D eigenvalue weighted by atomic mass is 79.9. The standard InChI is InChI=1S/C12H10BrClN2O2S/c13-8-1-4-10(5-2-8)16-19(17,18)12-6-3-9(15)7-11(12)14/h1-7,16H,15H2. The summed E-state index contributed by atoms with van der Waals surface area (Å²) >= 11 is 9.18. The fourth-order valence-electron chi connectivity index (χ4n) is 1.46. The van der Waals surface area contributed by atoms with Gasteiger partial charge in [-0.1, -0.05) is 27.5 Å². The number of anilines is 2. The topological polar surface area (TPSA) is 72.2 Å². The summed E-state index contributed by atoms with van der Waals surface area (Å²) in [6, 6.07) is 11.0. The maximum Gasteiger partial charge on any atom is 0.263 e. The quantitative estimate of drug-likeness (QED) is 0.822. The van der Waals surface area contributed by atoms with Gasteiger partial charge in [0.05, 0.1) is 5.02 Å². The smallest absolute Gasteiger partial charge is 0.263 e. The molecule has 2 rings (SSSR count). The first-order valence-corrected chi connectivity index (χ1v) is 7.87. The van der Waals surface area contributed by atoms with Crippen molar-refractivity contribution in [1.29, 1.82) is 0 Å². The third kappa shape index (κ3) is 3.40. The number of halogens is 2. The Morgan fingerprint density at radius 3 is 2.32 bits per heavy atom. The summed E-state index contributed by atoms with van der Waals surface area (Å²) in [5.74, 6) is 0. The Kier molecular flexibility index (Phi) is 4.03. The summed E-state index contributed by atoms with van der Waals surface area (Å²) in [5.41, 5.74) is 6.40. The van der Waals surface area contributed by atoms with E-state index in [0.717, 1.165) is 4.47 Å². The van der Waals surface area contributed by atoms with Gasteiger partial charge in [0.15, 0.2) is 0 Å². The average Bonchev–Trinajstić information content (AvgIpc) is 2.31. The summed E-state index contributed by atoms with van der Waals surface area (Å²) in [6.07, 6.45) is 0. The van der Waals surface area contributed by atoms with Crippen LogP contribution in [-0.2, 0) is 10.0 Å². The number of nitrogen functional groups attached to an aromatic ring is 1. The molecule has 0 heterocycles. The van der Waals surface area contributed by atoms with Gasteiger partial charge >= 0.3 is 0 Å². The van der Waals surface area contributed by atoms with Crippen molar-refractivity contribution in [2.24, 2.45) is 0 Å². The number of nitrogens with one attached hydrogen (secondary N) is 1. The Morgan fingerprint density at radius 2 is 1.74 bits per heavy atom. The van der Waals surface area contributed by atoms with E-state index in [0.29, 0.717) is 11.4 Å². The third-order valence-electron chi connectivity index (χ3n) is 2.34. The Morgan fingerprint density at radius 1 is 1.11 bits per heavy atom. The van der Waals surface area contributed by atoms with Crippen LogP contribution in [0.5, 0.6) is 0 Å². The molecule has 0 spiro atoms. The molecule has 2 aromatic rings. The summed E-state index contributed by atoms with van der Waals surface area (Å²) in [5, 5.41) is 0.0876. The monoisotopic (exact) mass is 360 g/mol. The molecule has 0 aliphatic carbocycles. The lowest BCUT2D eigenvalue weighted by Crippen LogP contribution is -2.13. The maximum atomic E-state index is 12.2. The fraction of sp³-hybridized carbons (Fsp3) is 0. The van der Waals surface area contributed by atoms with Crippen LogP contribution in [0.3, 0.4) is 0 Å². The van der Waals surface area contributed by atoms with E-state index in [1.807, 2.05) is 0 Å². The second-order valence-corrected chi connectivity index (χ2v) is 6.78. The van der Waals surface area contributed by atoms with E-state index in [1.54, 1.807) is 24.3 Å². The Labute approximate surface area is 124 Å². The van der Waals surface area contributed by atoms with E-state index in [9.17, 15) is 8.42 Å². The zero-order valence-corrected chi connectivity index (χ0v) is 12.8. The summed E-state index contributed by atoms with van der Waals surface area (Å²) < 4.78 is 27.7. The highest BCUT2D eigenvalue weighted by Gasteiger charge is 2.17. The van der Waals surface area contributed by atoms with Crippen molar-refractivity contribution in [3.63, 3.8) is 0 Å². The molecule has 3 N–H and O–H groups in total. The lowest BCUT2D eigenvalue weighted by molar-refractivity contribution is 0.601. The van der Waals surface area contributed by atoms with E-state index in [1.165, 1.54) is 18.2 Å². The molecule has 0 fully saturated rings. The van der Waals surface area contributed by atoms with Crippen molar-refractivity contribution in [3.05, 3.63) is 52.0 Å². The Balaban J connectivity index is 2.35. The molecule has 100 valence electrons. The molecule has 2 aromatic carbocycles. The predicted octanol–water partition coefficient (Wildman–Crippen LogP) is 3.49. The molecular formula is C12H10BrClN2O2S. The van der Waals surface area contributed by atoms with Crippen molar-refractivity contribution < 1.29 is 8.42 Å². The molecule has 4 nitrogen and oxygen atoms in total. The van der Waals surface area contributed by atoms with Crippen LogP contribution in [0.15, 0.2) is 51.8 Å². The molecule has 0 saturated carbocycles. The van der Waals surface area contributed by atoms with Gasteiger partial charge in [0, 0.05) is 15.8 Å². The first-order chi connectivity index (χ1) is 8.88. The number of nitrogens with two attached hydrogens (primary N) is 1. The second-order valence-electron chi connectivity index (χ2n) is 3.80. The van der Waals surface area contributed by atoms with Crippen LogP contribution in [0.1, 0.15) is 0 Å². The molecule has 0 aliphatic heterocycles. The lowest BCUT2D eigenvalue weighted by Gasteiger charge is -2.10. The SMILES string of the molecule is Nc1ccc(S(=O)(=O)Nc2ccc(Br)cc2)c(Cl)c1. The van der Waals surface area contributed by atoms with E-state index in [2.05, 4.69) is 20.7 Å². The van der Waals surface area contributed by atoms with Gasteiger partial charge in [-0.15, -0.1) is 0 Å². The fourth-order valence-corrected chi connectivity index (χ4v) is 3.34. The number of sulfonamides is 1. The number of benzene rings is 2. The van der Waals surface area contributed by atoms with Crippen LogP contribution < -0.4 is 10.5 Å². The van der Waals surface area contributed by atoms with Crippen molar-refractivity contribution >= 4 is 48.9 Å². The van der Waals surface area contributed by atoms with Crippen molar-refractivity contribution in [1.82, 2.24) is 0 Å². The van der Waals surface area contributed by atoms with Gasteiger partial charge in [0.2, 0.25) is 0 Å². The van der Waals surface area contributed by atoms with Gasteiger partial charge in [0.25, 0.3) is 10.0 Å². The lowest BCUT2D eigenvalue weighted by atomic mass is 10.3. The minimum absolute atomic E-state index is 0.00807. The van der Waals surface area contributed by atoms with Crippen LogP contribution in [-0.4, -0.2) is 8.42 Å². The van der Waals surface area contributed by atoms with Crippen LogP contribution >= 0.6 is 27.5 Å². The van der Waals surface area contributed by atoms with Gasteiger partial charge < -0.3 is 5.73 Å². The largest absolute Gasteiger partial charge is 0.399 e. The molecule has 0 bridgehead atoms. The normalized spacial score (nSPS) is 11.3. The molecular weight excluding hydrogens is 352 g/mol. The Hall–Kier alpha value is -1.24. The summed E-state index contributed by atoms with van der Waals surface area (Å²) in [6.45, 7) is 0. The zero-order valence-electron chi connectivity index (χ0n) is 9.60. The van der Waals surface area contributed by atoms with Gasteiger partial charge in [-0.25, -0.2) is 8.42 Å². The molecule has 0 radical (unpaired) electrons. The average molecular weight is 362 g/mol. The summed E-state index contributed by atoms with van der Waals surface area (Å²) in [4.78, 5) is -0.00807. The molecule has 0 unspecified atom stereocenters. The van der Waals surface area contributed by atoms with E-state index >= 15 is 0 Å². The van der Waals surface area contributed by atoms with Crippen LogP contribution in [0, 0.1) is 0 Å². The molecule has 0 aliphatic rings. The number of hydrogen-bond donors (Lipinski definition) is 2. The minimum Gasteiger partial charge on any atom is -0.399 e. The van der Waals surface area contributed by atoms with Crippen molar-refractivity contribution in [3.8, 4) is 0 Å². The van der Waals surface area contributed by atoms with Crippen molar-refractivity contribution in [2.45, 2.75) is 4.90 Å². The molecule has 0 amide bonds. The van der Waals surface area contributed by atoms with Crippen LogP contribution in [0.4, 0.5) is 11.4 Å². The highest BCUT2D eigenvalue weighted by Crippen LogP contribution is 2.26. The van der Waals surface area contributed by atoms with E-state index in [-0.39, 0.29) is 9.92 Å². The van der Waals surface area contributed by atoms with Gasteiger partial charge in [0.1, 0.15) is 4.90 Å². The molecule has 0 aromatic heterocycles. The molecule has 0 saturated heterocycles. The van der Waals surface area contributed by atoms with Gasteiger partial charge in [-0.05, 0) is 42.5 Å². The van der Waals surface area contributed by atoms with Gasteiger partial charge in [-0.2, -0.15) is 0 Å². The maximum absolute atomic E-state index is 12.2. The van der Waals surface area contributed by atoms with Crippen LogP contribution in [0.25, 0.3) is 0 Å². The highest BCUT2D eigenvalue weighted by molar-refractivity contribution is 9.10. The molecule has 0 atom stereocenters. The Bertz CT molecular complexity index is 702. The van der Waals surface area contributed by atoms with E-state index in [4.69, 9.17) is 17.3 Å². The zero-order chi connectivity index (χ0) is 14.0.